The first kappa shape index (κ1) is 15.3. The van der Waals surface area contributed by atoms with Gasteiger partial charge in [0, 0.05) is 6.04 Å². The molecule has 21 heavy (non-hydrogen) atoms. The van der Waals surface area contributed by atoms with E-state index in [0.29, 0.717) is 24.3 Å². The Morgan fingerprint density at radius 1 is 0.952 bits per heavy atom. The van der Waals surface area contributed by atoms with Crippen LogP contribution < -0.4 is 15.2 Å². The molecule has 1 unspecified atom stereocenters. The zero-order chi connectivity index (χ0) is 15.2. The molecule has 2 N–H and O–H groups in total. The van der Waals surface area contributed by atoms with Crippen LogP contribution in [0.25, 0.3) is 0 Å². The van der Waals surface area contributed by atoms with Gasteiger partial charge in [-0.2, -0.15) is 0 Å². The van der Waals surface area contributed by atoms with Crippen molar-refractivity contribution < 1.29 is 13.9 Å². The minimum atomic E-state index is -0.231. The highest BCUT2D eigenvalue weighted by Gasteiger charge is 2.09. The number of hydrogen-bond acceptors (Lipinski definition) is 3. The second kappa shape index (κ2) is 7.09. The van der Waals surface area contributed by atoms with Crippen molar-refractivity contribution in [2.45, 2.75) is 18.9 Å². The molecule has 2 aromatic rings. The van der Waals surface area contributed by atoms with E-state index in [2.05, 4.69) is 0 Å². The van der Waals surface area contributed by atoms with Crippen LogP contribution in [0, 0.1) is 5.82 Å². The first-order chi connectivity index (χ1) is 10.1. The van der Waals surface area contributed by atoms with Crippen molar-refractivity contribution in [3.05, 3.63) is 59.4 Å². The molecule has 0 aliphatic heterocycles. The molecule has 0 aliphatic rings. The maximum absolute atomic E-state index is 13.2. The smallest absolute Gasteiger partial charge is 0.160 e. The highest BCUT2D eigenvalue weighted by atomic mass is 19.1. The van der Waals surface area contributed by atoms with Crippen LogP contribution in [0.3, 0.4) is 0 Å². The van der Waals surface area contributed by atoms with Crippen LogP contribution >= 0.6 is 0 Å². The van der Waals surface area contributed by atoms with E-state index in [1.807, 2.05) is 24.3 Å². The summed E-state index contributed by atoms with van der Waals surface area (Å²) < 4.78 is 23.6. The highest BCUT2D eigenvalue weighted by molar-refractivity contribution is 5.43. The van der Waals surface area contributed by atoms with Gasteiger partial charge >= 0.3 is 0 Å². The Hall–Kier alpha value is -2.07. The average Bonchev–Trinajstić information content (AvgIpc) is 2.47. The summed E-state index contributed by atoms with van der Waals surface area (Å²) in [5.74, 6) is 1.15. The second-order valence-corrected chi connectivity index (χ2v) is 4.99. The van der Waals surface area contributed by atoms with Crippen LogP contribution in [0.2, 0.25) is 0 Å². The van der Waals surface area contributed by atoms with Crippen LogP contribution in [0.4, 0.5) is 4.39 Å². The van der Waals surface area contributed by atoms with Crippen molar-refractivity contribution in [1.29, 1.82) is 0 Å². The van der Waals surface area contributed by atoms with Gasteiger partial charge in [-0.1, -0.05) is 18.2 Å². The largest absolute Gasteiger partial charge is 0.493 e. The molecule has 0 radical (unpaired) electrons. The van der Waals surface area contributed by atoms with Gasteiger partial charge < -0.3 is 15.2 Å². The average molecular weight is 289 g/mol. The molecule has 112 valence electrons. The molecule has 3 nitrogen and oxygen atoms in total. The van der Waals surface area contributed by atoms with Crippen molar-refractivity contribution >= 4 is 0 Å². The number of halogens is 1. The van der Waals surface area contributed by atoms with E-state index in [1.54, 1.807) is 20.3 Å². The minimum Gasteiger partial charge on any atom is -0.493 e. The van der Waals surface area contributed by atoms with Gasteiger partial charge in [-0.15, -0.1) is 0 Å². The van der Waals surface area contributed by atoms with Gasteiger partial charge in [0.2, 0.25) is 0 Å². The first-order valence-electron chi connectivity index (χ1n) is 6.83. The van der Waals surface area contributed by atoms with Crippen molar-refractivity contribution in [3.63, 3.8) is 0 Å². The predicted octanol–water partition coefficient (Wildman–Crippen LogP) is 2.96. The van der Waals surface area contributed by atoms with Crippen LogP contribution in [0.1, 0.15) is 11.1 Å². The maximum Gasteiger partial charge on any atom is 0.160 e. The SMILES string of the molecule is COc1ccc(CC(N)Cc2cccc(F)c2)cc1OC. The lowest BCUT2D eigenvalue weighted by molar-refractivity contribution is 0.354. The van der Waals surface area contributed by atoms with Gasteiger partial charge in [0.05, 0.1) is 14.2 Å². The fourth-order valence-electron chi connectivity index (χ4n) is 2.35. The molecule has 2 rings (SSSR count). The number of hydrogen-bond donors (Lipinski definition) is 1. The molecule has 0 amide bonds. The van der Waals surface area contributed by atoms with Crippen molar-refractivity contribution in [3.8, 4) is 11.5 Å². The summed E-state index contributed by atoms with van der Waals surface area (Å²) in [5, 5.41) is 0. The van der Waals surface area contributed by atoms with Crippen molar-refractivity contribution in [1.82, 2.24) is 0 Å². The predicted molar refractivity (Wildman–Crippen MR) is 81.3 cm³/mol. The molecule has 0 spiro atoms. The summed E-state index contributed by atoms with van der Waals surface area (Å²) in [6.07, 6.45) is 1.32. The Morgan fingerprint density at radius 3 is 2.24 bits per heavy atom. The summed E-state index contributed by atoms with van der Waals surface area (Å²) in [6.45, 7) is 0. The van der Waals surface area contributed by atoms with Gasteiger partial charge in [0.1, 0.15) is 5.82 Å². The molecule has 2 aromatic carbocycles. The quantitative estimate of drug-likeness (QED) is 0.889. The van der Waals surface area contributed by atoms with E-state index in [1.165, 1.54) is 12.1 Å². The standard InChI is InChI=1S/C17H20FNO2/c1-20-16-7-6-13(11-17(16)21-2)10-15(19)9-12-4-3-5-14(18)8-12/h3-8,11,15H,9-10,19H2,1-2H3. The van der Waals surface area contributed by atoms with E-state index >= 15 is 0 Å². The third-order valence-corrected chi connectivity index (χ3v) is 3.33. The normalized spacial score (nSPS) is 12.0. The van der Waals surface area contributed by atoms with Crippen molar-refractivity contribution in [2.75, 3.05) is 14.2 Å². The van der Waals surface area contributed by atoms with Gasteiger partial charge in [-0.05, 0) is 48.2 Å². The van der Waals surface area contributed by atoms with Gasteiger partial charge in [-0.25, -0.2) is 4.39 Å². The number of benzene rings is 2. The minimum absolute atomic E-state index is 0.0788. The Balaban J connectivity index is 2.04. The molecule has 0 saturated carbocycles. The maximum atomic E-state index is 13.2. The van der Waals surface area contributed by atoms with E-state index in [0.717, 1.165) is 11.1 Å². The highest BCUT2D eigenvalue weighted by Crippen LogP contribution is 2.28. The third-order valence-electron chi connectivity index (χ3n) is 3.33. The monoisotopic (exact) mass is 289 g/mol. The Labute approximate surface area is 124 Å². The van der Waals surface area contributed by atoms with E-state index < -0.39 is 0 Å². The zero-order valence-corrected chi connectivity index (χ0v) is 12.3. The number of methoxy groups -OCH3 is 2. The van der Waals surface area contributed by atoms with Crippen molar-refractivity contribution in [2.24, 2.45) is 5.73 Å². The van der Waals surface area contributed by atoms with Crippen LogP contribution in [-0.2, 0) is 12.8 Å². The Kier molecular flexibility index (Phi) is 5.17. The van der Waals surface area contributed by atoms with E-state index in [4.69, 9.17) is 15.2 Å². The van der Waals surface area contributed by atoms with Crippen LogP contribution in [-0.4, -0.2) is 20.3 Å². The van der Waals surface area contributed by atoms with E-state index in [-0.39, 0.29) is 11.9 Å². The number of nitrogens with two attached hydrogens (primary N) is 1. The van der Waals surface area contributed by atoms with Gasteiger partial charge in [0.15, 0.2) is 11.5 Å². The second-order valence-electron chi connectivity index (χ2n) is 4.99. The fourth-order valence-corrected chi connectivity index (χ4v) is 2.35. The molecular formula is C17H20FNO2. The summed E-state index contributed by atoms with van der Waals surface area (Å²) in [5.41, 5.74) is 8.13. The molecule has 4 heteroatoms. The summed E-state index contributed by atoms with van der Waals surface area (Å²) >= 11 is 0. The van der Waals surface area contributed by atoms with Gasteiger partial charge in [0.25, 0.3) is 0 Å². The Bertz CT molecular complexity index is 601. The molecular weight excluding hydrogens is 269 g/mol. The van der Waals surface area contributed by atoms with E-state index in [9.17, 15) is 4.39 Å². The molecule has 0 bridgehead atoms. The number of rotatable bonds is 6. The third kappa shape index (κ3) is 4.20. The molecule has 0 aromatic heterocycles. The molecule has 0 heterocycles. The summed E-state index contributed by atoms with van der Waals surface area (Å²) in [6, 6.07) is 12.2. The topological polar surface area (TPSA) is 44.5 Å². The van der Waals surface area contributed by atoms with Gasteiger partial charge in [-0.3, -0.25) is 0 Å². The molecule has 1 atom stereocenters. The number of ether oxygens (including phenoxy) is 2. The first-order valence-corrected chi connectivity index (χ1v) is 6.83. The molecule has 0 saturated heterocycles. The fraction of sp³-hybridized carbons (Fsp3) is 0.294. The van der Waals surface area contributed by atoms with Crippen LogP contribution in [0.15, 0.2) is 42.5 Å². The molecule has 0 aliphatic carbocycles. The molecule has 0 fully saturated rings. The lowest BCUT2D eigenvalue weighted by Gasteiger charge is -2.14. The summed E-state index contributed by atoms with van der Waals surface area (Å²) in [4.78, 5) is 0. The summed E-state index contributed by atoms with van der Waals surface area (Å²) in [7, 11) is 3.21. The van der Waals surface area contributed by atoms with Crippen LogP contribution in [0.5, 0.6) is 11.5 Å². The lowest BCUT2D eigenvalue weighted by Crippen LogP contribution is -2.25. The zero-order valence-electron chi connectivity index (χ0n) is 12.3. The lowest BCUT2D eigenvalue weighted by atomic mass is 9.99. The Morgan fingerprint density at radius 2 is 1.62 bits per heavy atom.